The Morgan fingerprint density at radius 2 is 1.78 bits per heavy atom. The van der Waals surface area contributed by atoms with Gasteiger partial charge in [0.15, 0.2) is 5.12 Å². The molecule has 0 spiro atoms. The van der Waals surface area contributed by atoms with E-state index in [0.29, 0.717) is 16.7 Å². The molecule has 1 aromatic rings. The molecule has 5 heteroatoms. The van der Waals surface area contributed by atoms with E-state index in [4.69, 9.17) is 0 Å². The third-order valence-corrected chi connectivity index (χ3v) is 3.59. The van der Waals surface area contributed by atoms with Crippen LogP contribution >= 0.6 is 11.8 Å². The predicted molar refractivity (Wildman–Crippen MR) is 71.7 cm³/mol. The van der Waals surface area contributed by atoms with Crippen LogP contribution in [0.5, 0.6) is 5.75 Å². The topological polar surface area (TPSA) is 77.8 Å². The van der Waals surface area contributed by atoms with Crippen LogP contribution in [0.15, 0.2) is 12.1 Å². The van der Waals surface area contributed by atoms with Crippen LogP contribution < -0.4 is 0 Å². The summed E-state index contributed by atoms with van der Waals surface area (Å²) >= 11 is 0.976. The van der Waals surface area contributed by atoms with Gasteiger partial charge in [0.1, 0.15) is 11.9 Å². The molecule has 0 radical (unpaired) electrons. The molecule has 0 aromatic heterocycles. The Morgan fingerprint density at radius 1 is 1.28 bits per heavy atom. The number of aryl methyl sites for hydroxylation is 2. The molecule has 0 aliphatic carbocycles. The molecule has 0 saturated heterocycles. The molecule has 0 bridgehead atoms. The molecule has 0 aliphatic rings. The number of phenols is 1. The van der Waals surface area contributed by atoms with Crippen molar-refractivity contribution in [3.63, 3.8) is 0 Å². The Balaban J connectivity index is 2.83. The van der Waals surface area contributed by atoms with Gasteiger partial charge >= 0.3 is 0 Å². The molecule has 2 atom stereocenters. The van der Waals surface area contributed by atoms with E-state index in [-0.39, 0.29) is 16.6 Å². The van der Waals surface area contributed by atoms with Crippen molar-refractivity contribution >= 4 is 16.9 Å². The Labute approximate surface area is 111 Å². The van der Waals surface area contributed by atoms with Gasteiger partial charge in [-0.05, 0) is 42.7 Å². The number of carbonyl (C=O) groups is 1. The second kappa shape index (κ2) is 6.22. The van der Waals surface area contributed by atoms with E-state index in [9.17, 15) is 20.1 Å². The van der Waals surface area contributed by atoms with E-state index in [1.807, 2.05) is 0 Å². The van der Waals surface area contributed by atoms with Crippen LogP contribution in [-0.2, 0) is 4.79 Å². The SMILES string of the molecule is CC(=O)SCC(O)C(O)c1cc(C)c(O)c(C)c1. The summed E-state index contributed by atoms with van der Waals surface area (Å²) in [4.78, 5) is 10.8. The number of carbonyl (C=O) groups excluding carboxylic acids is 1. The maximum Gasteiger partial charge on any atom is 0.185 e. The zero-order valence-corrected chi connectivity index (χ0v) is 11.5. The number of phenolic OH excluding ortho intramolecular Hbond substituents is 1. The fraction of sp³-hybridized carbons (Fsp3) is 0.462. The van der Waals surface area contributed by atoms with Gasteiger partial charge < -0.3 is 15.3 Å². The summed E-state index contributed by atoms with van der Waals surface area (Å²) in [7, 11) is 0. The molecular formula is C13H18O4S. The lowest BCUT2D eigenvalue weighted by Gasteiger charge is -2.19. The summed E-state index contributed by atoms with van der Waals surface area (Å²) in [6.45, 7) is 4.88. The van der Waals surface area contributed by atoms with Crippen molar-refractivity contribution in [3.8, 4) is 5.75 Å². The monoisotopic (exact) mass is 270 g/mol. The zero-order chi connectivity index (χ0) is 13.9. The second-order valence-corrected chi connectivity index (χ2v) is 5.52. The maximum absolute atomic E-state index is 10.8. The van der Waals surface area contributed by atoms with Crippen LogP contribution in [-0.4, -0.2) is 32.3 Å². The molecule has 0 aliphatic heterocycles. The molecule has 0 fully saturated rings. The molecule has 0 saturated carbocycles. The van der Waals surface area contributed by atoms with Crippen molar-refractivity contribution in [2.45, 2.75) is 33.0 Å². The van der Waals surface area contributed by atoms with E-state index in [1.165, 1.54) is 6.92 Å². The summed E-state index contributed by atoms with van der Waals surface area (Å²) in [5, 5.41) is 29.3. The molecule has 2 unspecified atom stereocenters. The lowest BCUT2D eigenvalue weighted by atomic mass is 9.99. The summed E-state index contributed by atoms with van der Waals surface area (Å²) in [6, 6.07) is 3.27. The Hall–Kier alpha value is -1.04. The minimum Gasteiger partial charge on any atom is -0.507 e. The molecule has 3 N–H and O–H groups in total. The van der Waals surface area contributed by atoms with E-state index in [2.05, 4.69) is 0 Å². The van der Waals surface area contributed by atoms with Crippen molar-refractivity contribution in [1.82, 2.24) is 0 Å². The van der Waals surface area contributed by atoms with Gasteiger partial charge in [-0.2, -0.15) is 0 Å². The van der Waals surface area contributed by atoms with Gasteiger partial charge in [0, 0.05) is 12.7 Å². The molecule has 100 valence electrons. The Bertz CT molecular complexity index is 422. The minimum atomic E-state index is -1.06. The van der Waals surface area contributed by atoms with Crippen molar-refractivity contribution < 1.29 is 20.1 Å². The Morgan fingerprint density at radius 3 is 2.22 bits per heavy atom. The van der Waals surface area contributed by atoms with Crippen LogP contribution in [0.1, 0.15) is 29.7 Å². The largest absolute Gasteiger partial charge is 0.507 e. The number of rotatable bonds is 4. The summed E-state index contributed by atoms with van der Waals surface area (Å²) in [5.74, 6) is 0.341. The normalized spacial score (nSPS) is 14.3. The van der Waals surface area contributed by atoms with E-state index >= 15 is 0 Å². The first kappa shape index (κ1) is 15.0. The van der Waals surface area contributed by atoms with Crippen LogP contribution in [0.3, 0.4) is 0 Å². The fourth-order valence-electron chi connectivity index (χ4n) is 1.68. The first-order chi connectivity index (χ1) is 8.32. The summed E-state index contributed by atoms with van der Waals surface area (Å²) in [5.41, 5.74) is 1.84. The van der Waals surface area contributed by atoms with Gasteiger partial charge in [-0.1, -0.05) is 11.8 Å². The molecule has 18 heavy (non-hydrogen) atoms. The number of hydrogen-bond acceptors (Lipinski definition) is 5. The molecule has 0 heterocycles. The molecule has 1 rings (SSSR count). The van der Waals surface area contributed by atoms with Crippen molar-refractivity contribution in [2.75, 3.05) is 5.75 Å². The molecule has 4 nitrogen and oxygen atoms in total. The molecular weight excluding hydrogens is 252 g/mol. The van der Waals surface area contributed by atoms with Crippen LogP contribution in [0.25, 0.3) is 0 Å². The van der Waals surface area contributed by atoms with Gasteiger partial charge in [-0.15, -0.1) is 0 Å². The Kier molecular flexibility index (Phi) is 5.19. The van der Waals surface area contributed by atoms with E-state index in [1.54, 1.807) is 26.0 Å². The molecule has 1 aromatic carbocycles. The number of thioether (sulfide) groups is 1. The maximum atomic E-state index is 10.8. The van der Waals surface area contributed by atoms with Crippen molar-refractivity contribution in [2.24, 2.45) is 0 Å². The second-order valence-electron chi connectivity index (χ2n) is 4.32. The van der Waals surface area contributed by atoms with Gasteiger partial charge in [0.2, 0.25) is 0 Å². The predicted octanol–water partition coefficient (Wildman–Crippen LogP) is 1.68. The molecule has 0 amide bonds. The van der Waals surface area contributed by atoms with Crippen molar-refractivity contribution in [3.05, 3.63) is 28.8 Å². The smallest absolute Gasteiger partial charge is 0.185 e. The lowest BCUT2D eigenvalue weighted by molar-refractivity contribution is -0.109. The first-order valence-electron chi connectivity index (χ1n) is 5.62. The average molecular weight is 270 g/mol. The third-order valence-electron chi connectivity index (χ3n) is 2.68. The van der Waals surface area contributed by atoms with Gasteiger partial charge in [-0.25, -0.2) is 0 Å². The lowest BCUT2D eigenvalue weighted by Crippen LogP contribution is -2.21. The standard InChI is InChI=1S/C13H18O4S/c1-7-4-10(5-8(2)12(7)16)13(17)11(15)6-18-9(3)14/h4-5,11,13,15-17H,6H2,1-3H3. The average Bonchev–Trinajstić information content (AvgIpc) is 2.31. The highest BCUT2D eigenvalue weighted by molar-refractivity contribution is 8.13. The highest BCUT2D eigenvalue weighted by atomic mass is 32.2. The number of aromatic hydroxyl groups is 1. The third kappa shape index (κ3) is 3.73. The van der Waals surface area contributed by atoms with Crippen LogP contribution in [0.4, 0.5) is 0 Å². The number of aliphatic hydroxyl groups excluding tert-OH is 2. The van der Waals surface area contributed by atoms with Crippen LogP contribution in [0.2, 0.25) is 0 Å². The quantitative estimate of drug-likeness (QED) is 0.776. The van der Waals surface area contributed by atoms with Crippen LogP contribution in [0, 0.1) is 13.8 Å². The highest BCUT2D eigenvalue weighted by Gasteiger charge is 2.20. The van der Waals surface area contributed by atoms with E-state index in [0.717, 1.165) is 11.8 Å². The minimum absolute atomic E-state index is 0.0979. The number of aliphatic hydroxyl groups is 2. The van der Waals surface area contributed by atoms with Gasteiger partial charge in [-0.3, -0.25) is 4.79 Å². The fourth-order valence-corrected chi connectivity index (χ4v) is 2.26. The highest BCUT2D eigenvalue weighted by Crippen LogP contribution is 2.28. The van der Waals surface area contributed by atoms with Gasteiger partial charge in [0.25, 0.3) is 0 Å². The number of benzene rings is 1. The zero-order valence-electron chi connectivity index (χ0n) is 10.7. The van der Waals surface area contributed by atoms with Gasteiger partial charge in [0.05, 0.1) is 6.10 Å². The summed E-state index contributed by atoms with van der Waals surface area (Å²) in [6.07, 6.45) is -2.07. The van der Waals surface area contributed by atoms with E-state index < -0.39 is 12.2 Å². The summed E-state index contributed by atoms with van der Waals surface area (Å²) < 4.78 is 0. The first-order valence-corrected chi connectivity index (χ1v) is 6.61. The number of hydrogen-bond donors (Lipinski definition) is 3. The van der Waals surface area contributed by atoms with Crippen molar-refractivity contribution in [1.29, 1.82) is 0 Å².